The van der Waals surface area contributed by atoms with Crippen molar-refractivity contribution in [1.29, 1.82) is 0 Å². The molecule has 1 aromatic carbocycles. The number of hydrogen-bond donors (Lipinski definition) is 1. The molecule has 0 saturated heterocycles. The summed E-state index contributed by atoms with van der Waals surface area (Å²) < 4.78 is 1.85. The fourth-order valence-corrected chi connectivity index (χ4v) is 2.99. The zero-order chi connectivity index (χ0) is 14.9. The predicted octanol–water partition coefficient (Wildman–Crippen LogP) is 3.30. The maximum absolute atomic E-state index is 12.4. The second-order valence-corrected chi connectivity index (χ2v) is 6.71. The molecule has 3 nitrogen and oxygen atoms in total. The maximum Gasteiger partial charge on any atom is 0.272 e. The highest BCUT2D eigenvalue weighted by Crippen LogP contribution is 2.28. The zero-order valence-corrected chi connectivity index (χ0v) is 13.4. The molecule has 0 fully saturated rings. The molecule has 0 bridgehead atoms. The van der Waals surface area contributed by atoms with Crippen LogP contribution in [0.3, 0.4) is 0 Å². The van der Waals surface area contributed by atoms with Crippen LogP contribution in [0, 0.1) is 18.3 Å². The van der Waals surface area contributed by atoms with Crippen molar-refractivity contribution < 1.29 is 0 Å². The summed E-state index contributed by atoms with van der Waals surface area (Å²) in [6.07, 6.45) is 0. The zero-order valence-electron chi connectivity index (χ0n) is 12.6. The van der Waals surface area contributed by atoms with Gasteiger partial charge in [-0.05, 0) is 36.1 Å². The third-order valence-electron chi connectivity index (χ3n) is 3.86. The molecule has 1 aromatic heterocycles. The lowest BCUT2D eigenvalue weighted by Crippen LogP contribution is -2.33. The first-order chi connectivity index (χ1) is 9.34. The molecule has 0 spiro atoms. The smallest absolute Gasteiger partial charge is 0.272 e. The molecular formula is C16H22N2OS. The van der Waals surface area contributed by atoms with E-state index in [0.29, 0.717) is 18.2 Å². The van der Waals surface area contributed by atoms with Crippen LogP contribution in [-0.4, -0.2) is 15.3 Å². The lowest BCUT2D eigenvalue weighted by molar-refractivity contribution is 0.238. The molecule has 0 saturated carbocycles. The quantitative estimate of drug-likeness (QED) is 0.880. The molecule has 4 heteroatoms. The summed E-state index contributed by atoms with van der Waals surface area (Å²) in [6.45, 7) is 9.02. The van der Waals surface area contributed by atoms with E-state index < -0.39 is 0 Å². The Labute approximate surface area is 125 Å². The van der Waals surface area contributed by atoms with Crippen molar-refractivity contribution in [2.75, 3.05) is 5.75 Å². The van der Waals surface area contributed by atoms with Crippen molar-refractivity contribution in [2.24, 2.45) is 11.3 Å². The SMILES string of the molecule is Cc1nc2ccccc2n(CC(CS)C(C)(C)C)c1=O. The van der Waals surface area contributed by atoms with E-state index in [1.165, 1.54) is 0 Å². The molecule has 0 N–H and O–H groups in total. The summed E-state index contributed by atoms with van der Waals surface area (Å²) in [5.74, 6) is 1.08. The monoisotopic (exact) mass is 290 g/mol. The standard InChI is InChI=1S/C16H22N2OS/c1-11-15(19)18(9-12(10-20)16(2,3)4)14-8-6-5-7-13(14)17-11/h5-8,12,20H,9-10H2,1-4H3. The maximum atomic E-state index is 12.4. The number of hydrogen-bond acceptors (Lipinski definition) is 3. The molecule has 0 aliphatic heterocycles. The lowest BCUT2D eigenvalue weighted by atomic mass is 9.82. The lowest BCUT2D eigenvalue weighted by Gasteiger charge is -2.30. The second kappa shape index (κ2) is 5.60. The molecule has 1 heterocycles. The summed E-state index contributed by atoms with van der Waals surface area (Å²) in [6, 6.07) is 7.80. The van der Waals surface area contributed by atoms with Gasteiger partial charge in [-0.2, -0.15) is 12.6 Å². The minimum atomic E-state index is -0.000247. The molecule has 1 atom stereocenters. The first-order valence-electron chi connectivity index (χ1n) is 6.91. The van der Waals surface area contributed by atoms with Crippen molar-refractivity contribution in [2.45, 2.75) is 34.2 Å². The van der Waals surface area contributed by atoms with E-state index in [2.05, 4.69) is 38.4 Å². The van der Waals surface area contributed by atoms with E-state index in [0.717, 1.165) is 16.8 Å². The third kappa shape index (κ3) is 2.90. The Morgan fingerprint density at radius 1 is 1.30 bits per heavy atom. The number of aryl methyl sites for hydroxylation is 1. The Kier molecular flexibility index (Phi) is 4.23. The molecule has 20 heavy (non-hydrogen) atoms. The van der Waals surface area contributed by atoms with Crippen LogP contribution in [0.4, 0.5) is 0 Å². The summed E-state index contributed by atoms with van der Waals surface area (Å²) in [5, 5.41) is 0. The molecule has 0 amide bonds. The van der Waals surface area contributed by atoms with Crippen LogP contribution in [0.5, 0.6) is 0 Å². The largest absolute Gasteiger partial charge is 0.305 e. The molecule has 2 aromatic rings. The van der Waals surface area contributed by atoms with Gasteiger partial charge in [-0.15, -0.1) is 0 Å². The van der Waals surface area contributed by atoms with Crippen molar-refractivity contribution in [3.63, 3.8) is 0 Å². The summed E-state index contributed by atoms with van der Waals surface area (Å²) in [4.78, 5) is 16.8. The topological polar surface area (TPSA) is 34.9 Å². The van der Waals surface area contributed by atoms with E-state index in [1.807, 2.05) is 28.8 Å². The number of benzene rings is 1. The first kappa shape index (κ1) is 15.1. The predicted molar refractivity (Wildman–Crippen MR) is 87.5 cm³/mol. The Balaban J connectivity index is 2.58. The van der Waals surface area contributed by atoms with Gasteiger partial charge in [0.25, 0.3) is 5.56 Å². The first-order valence-corrected chi connectivity index (χ1v) is 7.55. The highest BCUT2D eigenvalue weighted by Gasteiger charge is 2.25. The van der Waals surface area contributed by atoms with E-state index in [-0.39, 0.29) is 11.0 Å². The molecule has 1 unspecified atom stereocenters. The van der Waals surface area contributed by atoms with Crippen molar-refractivity contribution in [3.8, 4) is 0 Å². The minimum Gasteiger partial charge on any atom is -0.305 e. The van der Waals surface area contributed by atoms with Crippen molar-refractivity contribution >= 4 is 23.7 Å². The van der Waals surface area contributed by atoms with Gasteiger partial charge < -0.3 is 4.57 Å². The highest BCUT2D eigenvalue weighted by atomic mass is 32.1. The average Bonchev–Trinajstić information content (AvgIpc) is 2.38. The van der Waals surface area contributed by atoms with Crippen LogP contribution in [0.2, 0.25) is 0 Å². The Morgan fingerprint density at radius 2 is 1.95 bits per heavy atom. The van der Waals surface area contributed by atoms with Gasteiger partial charge in [-0.3, -0.25) is 4.79 Å². The van der Waals surface area contributed by atoms with Crippen LogP contribution in [0.25, 0.3) is 11.0 Å². The van der Waals surface area contributed by atoms with Gasteiger partial charge in [0.2, 0.25) is 0 Å². The molecule has 0 radical (unpaired) electrons. The van der Waals surface area contributed by atoms with Crippen LogP contribution in [0.1, 0.15) is 26.5 Å². The van der Waals surface area contributed by atoms with Crippen LogP contribution in [-0.2, 0) is 6.54 Å². The van der Waals surface area contributed by atoms with Gasteiger partial charge in [0.05, 0.1) is 11.0 Å². The third-order valence-corrected chi connectivity index (χ3v) is 4.30. The minimum absolute atomic E-state index is 0.000247. The summed E-state index contributed by atoms with van der Waals surface area (Å²) in [7, 11) is 0. The Morgan fingerprint density at radius 3 is 2.55 bits per heavy atom. The number of fused-ring (bicyclic) bond motifs is 1. The van der Waals surface area contributed by atoms with Crippen LogP contribution < -0.4 is 5.56 Å². The Hall–Kier alpha value is -1.29. The molecule has 2 rings (SSSR count). The number of thiol groups is 1. The van der Waals surface area contributed by atoms with Gasteiger partial charge in [0.15, 0.2) is 0 Å². The molecular weight excluding hydrogens is 268 g/mol. The Bertz CT molecular complexity index is 670. The highest BCUT2D eigenvalue weighted by molar-refractivity contribution is 7.80. The number of aromatic nitrogens is 2. The molecule has 0 aliphatic rings. The van der Waals surface area contributed by atoms with Gasteiger partial charge >= 0.3 is 0 Å². The van der Waals surface area contributed by atoms with Gasteiger partial charge in [-0.1, -0.05) is 32.9 Å². The van der Waals surface area contributed by atoms with Crippen molar-refractivity contribution in [1.82, 2.24) is 9.55 Å². The van der Waals surface area contributed by atoms with Crippen LogP contribution >= 0.6 is 12.6 Å². The van der Waals surface area contributed by atoms with Gasteiger partial charge in [-0.25, -0.2) is 4.98 Å². The van der Waals surface area contributed by atoms with E-state index in [4.69, 9.17) is 0 Å². The molecule has 108 valence electrons. The summed E-state index contributed by atoms with van der Waals surface area (Å²) in [5.41, 5.74) is 2.44. The van der Waals surface area contributed by atoms with Crippen LogP contribution in [0.15, 0.2) is 29.1 Å². The molecule has 0 aliphatic carbocycles. The second-order valence-electron chi connectivity index (χ2n) is 6.35. The van der Waals surface area contributed by atoms with Gasteiger partial charge in [0, 0.05) is 6.54 Å². The van der Waals surface area contributed by atoms with E-state index in [1.54, 1.807) is 6.92 Å². The normalized spacial score (nSPS) is 13.7. The van der Waals surface area contributed by atoms with Crippen molar-refractivity contribution in [3.05, 3.63) is 40.3 Å². The number of nitrogens with zero attached hydrogens (tertiary/aromatic N) is 2. The number of rotatable bonds is 3. The van der Waals surface area contributed by atoms with E-state index >= 15 is 0 Å². The fraction of sp³-hybridized carbons (Fsp3) is 0.500. The summed E-state index contributed by atoms with van der Waals surface area (Å²) >= 11 is 4.46. The average molecular weight is 290 g/mol. The number of para-hydroxylation sites is 2. The fourth-order valence-electron chi connectivity index (χ4n) is 2.33. The van der Waals surface area contributed by atoms with Gasteiger partial charge in [0.1, 0.15) is 5.69 Å². The van der Waals surface area contributed by atoms with E-state index in [9.17, 15) is 4.79 Å².